The average molecular weight is 399 g/mol. The van der Waals surface area contributed by atoms with E-state index < -0.39 is 17.9 Å². The highest BCUT2D eigenvalue weighted by Crippen LogP contribution is 2.23. The molecule has 9 heteroatoms. The lowest BCUT2D eigenvalue weighted by Crippen LogP contribution is -2.39. The molecule has 0 saturated heterocycles. The lowest BCUT2D eigenvalue weighted by molar-refractivity contribution is -0.274. The van der Waals surface area contributed by atoms with Gasteiger partial charge in [-0.2, -0.15) is 0 Å². The largest absolute Gasteiger partial charge is 0.573 e. The molecule has 0 saturated carbocycles. The molecule has 1 atom stereocenters. The van der Waals surface area contributed by atoms with E-state index in [9.17, 15) is 23.1 Å². The van der Waals surface area contributed by atoms with E-state index in [4.69, 9.17) is 9.47 Å². The van der Waals surface area contributed by atoms with Crippen molar-refractivity contribution in [3.8, 4) is 11.6 Å². The topological polar surface area (TPSA) is 77.9 Å². The van der Waals surface area contributed by atoms with Gasteiger partial charge in [-0.1, -0.05) is 18.2 Å². The molecule has 0 spiro atoms. The molecule has 152 valence electrons. The first-order chi connectivity index (χ1) is 13.1. The molecule has 0 aliphatic heterocycles. The number of methoxy groups -OCH3 is 1. The van der Waals surface area contributed by atoms with Gasteiger partial charge in [-0.05, 0) is 30.2 Å². The first-order valence-corrected chi connectivity index (χ1v) is 8.32. The number of hydrogen-bond acceptors (Lipinski definition) is 5. The van der Waals surface area contributed by atoms with Crippen LogP contribution in [0.2, 0.25) is 0 Å². The van der Waals surface area contributed by atoms with E-state index in [0.717, 1.165) is 5.56 Å². The van der Waals surface area contributed by atoms with Gasteiger partial charge in [0.1, 0.15) is 5.75 Å². The Labute approximate surface area is 159 Å². The number of carboxylic acids is 1. The van der Waals surface area contributed by atoms with Gasteiger partial charge in [-0.15, -0.1) is 13.2 Å². The number of aromatic nitrogens is 1. The molecule has 0 radical (unpaired) electrons. The molecule has 1 aromatic heterocycles. The number of carboxylic acid groups (broad SMARTS) is 1. The molecule has 0 bridgehead atoms. The van der Waals surface area contributed by atoms with Crippen molar-refractivity contribution < 1.29 is 37.3 Å². The van der Waals surface area contributed by atoms with E-state index in [-0.39, 0.29) is 18.8 Å². The van der Waals surface area contributed by atoms with Crippen LogP contribution in [-0.4, -0.2) is 41.7 Å². The van der Waals surface area contributed by atoms with Gasteiger partial charge < -0.3 is 19.3 Å². The summed E-state index contributed by atoms with van der Waals surface area (Å²) in [5.41, 5.74) is 0.120. The van der Waals surface area contributed by atoms with E-state index in [1.807, 2.05) is 0 Å². The van der Waals surface area contributed by atoms with Crippen LogP contribution in [0.4, 0.5) is 13.2 Å². The quantitative estimate of drug-likeness (QED) is 0.694. The fourth-order valence-corrected chi connectivity index (χ4v) is 2.36. The van der Waals surface area contributed by atoms with Crippen molar-refractivity contribution in [2.24, 2.45) is 0 Å². The standard InChI is InChI=1S/C19H20F3NO5/c1-18(26-2,17(24)25)11-14-5-8-16(23-12-14)27-10-9-13-3-6-15(7-4-13)28-19(20,21)22/h3-8,12H,9-11H2,1-2H3,(H,24,25). The molecule has 28 heavy (non-hydrogen) atoms. The Bertz CT molecular complexity index is 778. The summed E-state index contributed by atoms with van der Waals surface area (Å²) in [5.74, 6) is -0.990. The maximum absolute atomic E-state index is 12.1. The van der Waals surface area contributed by atoms with Crippen molar-refractivity contribution in [2.75, 3.05) is 13.7 Å². The second-order valence-corrected chi connectivity index (χ2v) is 6.21. The zero-order valence-electron chi connectivity index (χ0n) is 15.3. The van der Waals surface area contributed by atoms with E-state index in [1.165, 1.54) is 44.5 Å². The third-order valence-corrected chi connectivity index (χ3v) is 4.04. The van der Waals surface area contributed by atoms with Crippen molar-refractivity contribution in [1.82, 2.24) is 4.98 Å². The minimum absolute atomic E-state index is 0.151. The van der Waals surface area contributed by atoms with Gasteiger partial charge in [0.2, 0.25) is 5.88 Å². The van der Waals surface area contributed by atoms with Crippen LogP contribution in [0.25, 0.3) is 0 Å². The predicted molar refractivity (Wildman–Crippen MR) is 93.3 cm³/mol. The van der Waals surface area contributed by atoms with Crippen molar-refractivity contribution >= 4 is 5.97 Å². The molecule has 2 rings (SSSR count). The smallest absolute Gasteiger partial charge is 0.479 e. The van der Waals surface area contributed by atoms with Crippen LogP contribution in [0, 0.1) is 0 Å². The highest BCUT2D eigenvalue weighted by Gasteiger charge is 2.33. The molecule has 6 nitrogen and oxygen atoms in total. The minimum Gasteiger partial charge on any atom is -0.479 e. The number of nitrogens with zero attached hydrogens (tertiary/aromatic N) is 1. The Balaban J connectivity index is 1.84. The molecule has 1 aromatic carbocycles. The Morgan fingerprint density at radius 3 is 2.25 bits per heavy atom. The summed E-state index contributed by atoms with van der Waals surface area (Å²) < 4.78 is 50.8. The number of rotatable bonds is 9. The normalized spacial score (nSPS) is 13.6. The van der Waals surface area contributed by atoms with Crippen molar-refractivity contribution in [3.05, 3.63) is 53.7 Å². The van der Waals surface area contributed by atoms with Crippen molar-refractivity contribution in [3.63, 3.8) is 0 Å². The third-order valence-electron chi connectivity index (χ3n) is 4.04. The summed E-state index contributed by atoms with van der Waals surface area (Å²) in [7, 11) is 1.33. The molecular weight excluding hydrogens is 379 g/mol. The second-order valence-electron chi connectivity index (χ2n) is 6.21. The summed E-state index contributed by atoms with van der Waals surface area (Å²) in [6.45, 7) is 1.75. The summed E-state index contributed by atoms with van der Waals surface area (Å²) in [5, 5.41) is 9.21. The number of alkyl halides is 3. The zero-order chi connectivity index (χ0) is 20.8. The second kappa shape index (κ2) is 8.92. The fourth-order valence-electron chi connectivity index (χ4n) is 2.36. The predicted octanol–water partition coefficient (Wildman–Crippen LogP) is 3.63. The zero-order valence-corrected chi connectivity index (χ0v) is 15.3. The number of halogens is 3. The molecule has 1 N–H and O–H groups in total. The molecule has 0 aliphatic carbocycles. The first-order valence-electron chi connectivity index (χ1n) is 8.32. The maximum atomic E-state index is 12.1. The summed E-state index contributed by atoms with van der Waals surface area (Å²) in [6, 6.07) is 8.85. The van der Waals surface area contributed by atoms with E-state index in [2.05, 4.69) is 9.72 Å². The maximum Gasteiger partial charge on any atom is 0.573 e. The van der Waals surface area contributed by atoms with Crippen LogP contribution in [0.3, 0.4) is 0 Å². The molecular formula is C19H20F3NO5. The molecule has 0 amide bonds. The molecule has 2 aromatic rings. The van der Waals surface area contributed by atoms with Gasteiger partial charge in [0.25, 0.3) is 0 Å². The number of carbonyl (C=O) groups is 1. The van der Waals surface area contributed by atoms with Gasteiger partial charge in [-0.25, -0.2) is 9.78 Å². The Kier molecular flexibility index (Phi) is 6.85. The lowest BCUT2D eigenvalue weighted by atomic mass is 9.97. The average Bonchev–Trinajstić information content (AvgIpc) is 2.63. The van der Waals surface area contributed by atoms with Gasteiger partial charge in [0.05, 0.1) is 6.61 Å². The van der Waals surface area contributed by atoms with E-state index in [0.29, 0.717) is 17.9 Å². The number of hydrogen-bond donors (Lipinski definition) is 1. The Morgan fingerprint density at radius 2 is 1.75 bits per heavy atom. The van der Waals surface area contributed by atoms with Gasteiger partial charge in [0, 0.05) is 32.2 Å². The summed E-state index contributed by atoms with van der Waals surface area (Å²) >= 11 is 0. The lowest BCUT2D eigenvalue weighted by Gasteiger charge is -2.22. The summed E-state index contributed by atoms with van der Waals surface area (Å²) in [4.78, 5) is 15.4. The summed E-state index contributed by atoms with van der Waals surface area (Å²) in [6.07, 6.45) is -2.58. The van der Waals surface area contributed by atoms with Gasteiger partial charge in [0.15, 0.2) is 5.60 Å². The first kappa shape index (κ1) is 21.5. The minimum atomic E-state index is -4.71. The molecule has 1 heterocycles. The number of ether oxygens (including phenoxy) is 3. The fraction of sp³-hybridized carbons (Fsp3) is 0.368. The third kappa shape index (κ3) is 6.41. The van der Waals surface area contributed by atoms with E-state index >= 15 is 0 Å². The van der Waals surface area contributed by atoms with Gasteiger partial charge >= 0.3 is 12.3 Å². The van der Waals surface area contributed by atoms with Crippen molar-refractivity contribution in [2.45, 2.75) is 31.7 Å². The monoisotopic (exact) mass is 399 g/mol. The molecule has 0 fully saturated rings. The Hall–Kier alpha value is -2.81. The van der Waals surface area contributed by atoms with E-state index in [1.54, 1.807) is 12.1 Å². The number of benzene rings is 1. The van der Waals surface area contributed by atoms with Crippen LogP contribution < -0.4 is 9.47 Å². The van der Waals surface area contributed by atoms with Crippen LogP contribution in [-0.2, 0) is 22.4 Å². The number of aliphatic carboxylic acids is 1. The highest BCUT2D eigenvalue weighted by atomic mass is 19.4. The number of pyridine rings is 1. The highest BCUT2D eigenvalue weighted by molar-refractivity contribution is 5.77. The van der Waals surface area contributed by atoms with Crippen LogP contribution in [0.1, 0.15) is 18.1 Å². The SMILES string of the molecule is COC(C)(Cc1ccc(OCCc2ccc(OC(F)(F)F)cc2)nc1)C(=O)O. The van der Waals surface area contributed by atoms with Crippen LogP contribution >= 0.6 is 0 Å². The molecule has 1 unspecified atom stereocenters. The Morgan fingerprint density at radius 1 is 1.11 bits per heavy atom. The molecule has 0 aliphatic rings. The van der Waals surface area contributed by atoms with Crippen molar-refractivity contribution in [1.29, 1.82) is 0 Å². The van der Waals surface area contributed by atoms with Crippen LogP contribution in [0.15, 0.2) is 42.6 Å². The van der Waals surface area contributed by atoms with Crippen LogP contribution in [0.5, 0.6) is 11.6 Å². The van der Waals surface area contributed by atoms with Gasteiger partial charge in [-0.3, -0.25) is 0 Å².